The number of aliphatic imine (C=N–C) groups is 1. The van der Waals surface area contributed by atoms with Crippen LogP contribution in [0.4, 0.5) is 0 Å². The fourth-order valence-electron chi connectivity index (χ4n) is 5.06. The highest BCUT2D eigenvalue weighted by Gasteiger charge is 2.50. The molecule has 0 saturated heterocycles. The van der Waals surface area contributed by atoms with Crippen LogP contribution in [-0.2, 0) is 4.79 Å². The number of ether oxygens (including phenoxy) is 1. The first kappa shape index (κ1) is 18.0. The number of benzene rings is 2. The van der Waals surface area contributed by atoms with Gasteiger partial charge >= 0.3 is 0 Å². The van der Waals surface area contributed by atoms with E-state index in [2.05, 4.69) is 13.8 Å². The molecule has 1 aliphatic heterocycles. The largest absolute Gasteiger partial charge is 0.497 e. The molecule has 0 radical (unpaired) electrons. The number of hydrogen-bond acceptors (Lipinski definition) is 4. The van der Waals surface area contributed by atoms with Gasteiger partial charge < -0.3 is 4.74 Å². The number of rotatable bonds is 2. The Morgan fingerprint density at radius 2 is 1.62 bits per heavy atom. The molecule has 0 unspecified atom stereocenters. The molecule has 29 heavy (non-hydrogen) atoms. The number of nitrogens with zero attached hydrogens (tertiary/aromatic N) is 1. The Morgan fingerprint density at radius 1 is 0.931 bits per heavy atom. The highest BCUT2D eigenvalue weighted by molar-refractivity contribution is 6.30. The van der Waals surface area contributed by atoms with E-state index in [9.17, 15) is 9.59 Å². The van der Waals surface area contributed by atoms with Crippen molar-refractivity contribution in [3.63, 3.8) is 0 Å². The third kappa shape index (κ3) is 2.70. The van der Waals surface area contributed by atoms with Gasteiger partial charge in [0.25, 0.3) is 0 Å². The average Bonchev–Trinajstić information content (AvgIpc) is 2.98. The van der Waals surface area contributed by atoms with E-state index in [-0.39, 0.29) is 22.9 Å². The van der Waals surface area contributed by atoms with E-state index in [1.807, 2.05) is 48.5 Å². The molecule has 2 aromatic rings. The van der Waals surface area contributed by atoms with Crippen molar-refractivity contribution in [1.82, 2.24) is 0 Å². The summed E-state index contributed by atoms with van der Waals surface area (Å²) in [6, 6.07) is 15.4. The molecule has 3 aliphatic rings. The normalized spacial score (nSPS) is 24.6. The van der Waals surface area contributed by atoms with Crippen molar-refractivity contribution in [2.45, 2.75) is 32.6 Å². The molecule has 0 aromatic heterocycles. The van der Waals surface area contributed by atoms with Gasteiger partial charge in [-0.1, -0.05) is 50.2 Å². The third-order valence-electron chi connectivity index (χ3n) is 6.32. The van der Waals surface area contributed by atoms with Gasteiger partial charge in [0.05, 0.1) is 18.7 Å². The van der Waals surface area contributed by atoms with Crippen LogP contribution >= 0.6 is 0 Å². The van der Waals surface area contributed by atoms with E-state index >= 15 is 0 Å². The lowest BCUT2D eigenvalue weighted by atomic mass is 9.66. The second kappa shape index (κ2) is 6.24. The average molecular weight is 385 g/mol. The molecule has 2 aromatic carbocycles. The monoisotopic (exact) mass is 385 g/mol. The van der Waals surface area contributed by atoms with Crippen LogP contribution < -0.4 is 4.74 Å². The van der Waals surface area contributed by atoms with Crippen LogP contribution in [-0.4, -0.2) is 24.4 Å². The molecule has 2 aliphatic carbocycles. The molecular weight excluding hydrogens is 362 g/mol. The maximum Gasteiger partial charge on any atom is 0.173 e. The van der Waals surface area contributed by atoms with Crippen LogP contribution in [0, 0.1) is 11.3 Å². The van der Waals surface area contributed by atoms with Crippen molar-refractivity contribution in [2.75, 3.05) is 7.11 Å². The first-order valence-electron chi connectivity index (χ1n) is 10.0. The summed E-state index contributed by atoms with van der Waals surface area (Å²) in [6.45, 7) is 4.22. The van der Waals surface area contributed by atoms with Gasteiger partial charge in [-0.3, -0.25) is 14.6 Å². The van der Waals surface area contributed by atoms with E-state index < -0.39 is 5.92 Å². The molecule has 2 atom stereocenters. The molecule has 146 valence electrons. The Morgan fingerprint density at radius 3 is 2.31 bits per heavy atom. The smallest absolute Gasteiger partial charge is 0.173 e. The first-order valence-corrected chi connectivity index (χ1v) is 10.0. The topological polar surface area (TPSA) is 55.7 Å². The number of hydrogen-bond donors (Lipinski definition) is 0. The summed E-state index contributed by atoms with van der Waals surface area (Å²) >= 11 is 0. The van der Waals surface area contributed by atoms with Crippen molar-refractivity contribution in [3.8, 4) is 5.75 Å². The van der Waals surface area contributed by atoms with Crippen LogP contribution in [0.5, 0.6) is 5.75 Å². The zero-order valence-electron chi connectivity index (χ0n) is 16.9. The molecule has 0 spiro atoms. The summed E-state index contributed by atoms with van der Waals surface area (Å²) in [6.07, 6.45) is 1.23. The third-order valence-corrected chi connectivity index (χ3v) is 6.32. The summed E-state index contributed by atoms with van der Waals surface area (Å²) in [5.41, 5.74) is 4.84. The molecule has 4 nitrogen and oxygen atoms in total. The quantitative estimate of drug-likeness (QED) is 0.750. The highest BCUT2D eigenvalue weighted by atomic mass is 16.5. The van der Waals surface area contributed by atoms with Gasteiger partial charge in [0.1, 0.15) is 5.75 Å². The van der Waals surface area contributed by atoms with Crippen LogP contribution in [0.25, 0.3) is 0 Å². The number of methoxy groups -OCH3 is 1. The van der Waals surface area contributed by atoms with Crippen molar-refractivity contribution in [3.05, 3.63) is 76.5 Å². The Kier molecular flexibility index (Phi) is 3.89. The summed E-state index contributed by atoms with van der Waals surface area (Å²) in [7, 11) is 1.63. The minimum Gasteiger partial charge on any atom is -0.497 e. The zero-order valence-corrected chi connectivity index (χ0v) is 16.9. The molecule has 0 amide bonds. The molecular formula is C25H23NO3. The number of carbonyl (C=O) groups excluding carboxylic acids is 2. The molecule has 0 N–H and O–H groups in total. The van der Waals surface area contributed by atoms with Gasteiger partial charge in [-0.15, -0.1) is 0 Å². The zero-order chi connectivity index (χ0) is 20.3. The number of Topliss-reactive ketones (excluding diaryl/α,β-unsaturated/α-hetero) is 2. The van der Waals surface area contributed by atoms with Crippen LogP contribution in [0.2, 0.25) is 0 Å². The summed E-state index contributed by atoms with van der Waals surface area (Å²) in [4.78, 5) is 31.6. The summed E-state index contributed by atoms with van der Waals surface area (Å²) < 4.78 is 5.30. The highest BCUT2D eigenvalue weighted by Crippen LogP contribution is 2.51. The minimum atomic E-state index is -0.440. The van der Waals surface area contributed by atoms with E-state index in [1.165, 1.54) is 0 Å². The second-order valence-electron chi connectivity index (χ2n) is 8.94. The van der Waals surface area contributed by atoms with Gasteiger partial charge in [0.2, 0.25) is 0 Å². The van der Waals surface area contributed by atoms with Crippen molar-refractivity contribution in [1.29, 1.82) is 0 Å². The summed E-state index contributed by atoms with van der Waals surface area (Å²) in [5.74, 6) is 0.189. The molecule has 1 heterocycles. The van der Waals surface area contributed by atoms with Gasteiger partial charge in [0.15, 0.2) is 11.6 Å². The molecule has 4 heteroatoms. The standard InChI is InChI=1S/C25H23NO3/c1-25(2)12-18-21(19(27)13-25)20(14-8-10-15(29-3)11-9-14)22-23(26-18)16-6-4-5-7-17(16)24(22)28/h4-11,20,22H,12-13H2,1-3H3/t20-,22+/m1/s1. The van der Waals surface area contributed by atoms with Gasteiger partial charge in [-0.25, -0.2) is 0 Å². The van der Waals surface area contributed by atoms with Crippen LogP contribution in [0.3, 0.4) is 0 Å². The molecule has 0 saturated carbocycles. The Hall–Kier alpha value is -3.01. The molecule has 0 fully saturated rings. The maximum atomic E-state index is 13.4. The fourth-order valence-corrected chi connectivity index (χ4v) is 5.06. The molecule has 5 rings (SSSR count). The number of ketones is 2. The Labute approximate surface area is 170 Å². The van der Waals surface area contributed by atoms with Crippen molar-refractivity contribution < 1.29 is 14.3 Å². The van der Waals surface area contributed by atoms with E-state index in [0.29, 0.717) is 12.0 Å². The Balaban J connectivity index is 1.74. The van der Waals surface area contributed by atoms with Gasteiger partial charge in [-0.05, 0) is 29.5 Å². The number of fused-ring (bicyclic) bond motifs is 3. The SMILES string of the molecule is COc1ccc([C@@H]2C3=C(CC(C)(C)CC3=O)N=C3c4ccccc4C(=O)[C@H]32)cc1. The van der Waals surface area contributed by atoms with Crippen LogP contribution in [0.15, 0.2) is 64.8 Å². The second-order valence-corrected chi connectivity index (χ2v) is 8.94. The van der Waals surface area contributed by atoms with Crippen molar-refractivity contribution in [2.24, 2.45) is 16.3 Å². The van der Waals surface area contributed by atoms with Crippen LogP contribution in [0.1, 0.15) is 54.1 Å². The summed E-state index contributed by atoms with van der Waals surface area (Å²) in [5, 5.41) is 0. The fraction of sp³-hybridized carbons (Fsp3) is 0.320. The van der Waals surface area contributed by atoms with Crippen molar-refractivity contribution >= 4 is 17.3 Å². The van der Waals surface area contributed by atoms with Gasteiger partial charge in [-0.2, -0.15) is 0 Å². The predicted molar refractivity (Wildman–Crippen MR) is 112 cm³/mol. The van der Waals surface area contributed by atoms with E-state index in [1.54, 1.807) is 7.11 Å². The predicted octanol–water partition coefficient (Wildman–Crippen LogP) is 4.74. The van der Waals surface area contributed by atoms with E-state index in [4.69, 9.17) is 9.73 Å². The lowest BCUT2D eigenvalue weighted by molar-refractivity contribution is -0.118. The number of allylic oxidation sites excluding steroid dienone is 2. The lowest BCUT2D eigenvalue weighted by Gasteiger charge is -2.38. The Bertz CT molecular complexity index is 1110. The molecule has 0 bridgehead atoms. The van der Waals surface area contributed by atoms with E-state index in [0.717, 1.165) is 40.3 Å². The number of carbonyl (C=O) groups is 2. The first-order chi connectivity index (χ1) is 13.9. The lowest BCUT2D eigenvalue weighted by Crippen LogP contribution is -2.37. The minimum absolute atomic E-state index is 0.0596. The maximum absolute atomic E-state index is 13.4. The van der Waals surface area contributed by atoms with Gasteiger partial charge in [0, 0.05) is 34.7 Å².